The molecule has 1 aliphatic rings. The molecule has 1 unspecified atom stereocenters. The number of anilines is 1. The molecule has 1 atom stereocenters. The van der Waals surface area contributed by atoms with Crippen molar-refractivity contribution in [2.45, 2.75) is 12.2 Å². The van der Waals surface area contributed by atoms with Crippen LogP contribution in [0.4, 0.5) is 23.2 Å². The van der Waals surface area contributed by atoms with Crippen LogP contribution < -0.4 is 14.4 Å². The number of ether oxygens (including phenoxy) is 2. The normalized spacial score (nSPS) is 17.4. The van der Waals surface area contributed by atoms with Crippen molar-refractivity contribution in [2.24, 2.45) is 0 Å². The van der Waals surface area contributed by atoms with E-state index in [4.69, 9.17) is 9.47 Å². The lowest BCUT2D eigenvalue weighted by Gasteiger charge is -2.26. The van der Waals surface area contributed by atoms with Crippen LogP contribution in [0.15, 0.2) is 72.3 Å². The Morgan fingerprint density at radius 3 is 2.25 bits per heavy atom. The van der Waals surface area contributed by atoms with Gasteiger partial charge in [-0.15, -0.1) is 0 Å². The van der Waals surface area contributed by atoms with Crippen molar-refractivity contribution < 1.29 is 41.7 Å². The van der Waals surface area contributed by atoms with Crippen molar-refractivity contribution in [3.8, 4) is 11.5 Å². The number of halogens is 4. The predicted octanol–water partition coefficient (Wildman–Crippen LogP) is 5.49. The standard InChI is InChI=1S/C26H19F4NO5/c1-35-18-10-11-20(36-2)19(13-18)23(32)21-22(14-6-8-16(27)9-7-14)31(25(34)24(21)33)17-5-3-4-15(12-17)26(28,29)30/h3-13,22,32H,1-2H3/b23-21+. The van der Waals surface area contributed by atoms with Crippen molar-refractivity contribution in [1.82, 2.24) is 0 Å². The van der Waals surface area contributed by atoms with Gasteiger partial charge in [-0.05, 0) is 54.1 Å². The number of aliphatic hydroxyl groups is 1. The monoisotopic (exact) mass is 501 g/mol. The molecule has 3 aromatic carbocycles. The molecule has 4 rings (SSSR count). The van der Waals surface area contributed by atoms with Crippen LogP contribution in [0.5, 0.6) is 11.5 Å². The predicted molar refractivity (Wildman–Crippen MR) is 122 cm³/mol. The maximum Gasteiger partial charge on any atom is 0.416 e. The van der Waals surface area contributed by atoms with E-state index in [9.17, 15) is 32.3 Å². The van der Waals surface area contributed by atoms with Crippen molar-refractivity contribution in [2.75, 3.05) is 19.1 Å². The van der Waals surface area contributed by atoms with Crippen LogP contribution in [0.25, 0.3) is 5.76 Å². The second-order valence-electron chi connectivity index (χ2n) is 7.83. The van der Waals surface area contributed by atoms with Crippen molar-refractivity contribution in [3.63, 3.8) is 0 Å². The van der Waals surface area contributed by atoms with E-state index < -0.39 is 46.6 Å². The van der Waals surface area contributed by atoms with Crippen molar-refractivity contribution in [1.29, 1.82) is 0 Å². The Bertz CT molecular complexity index is 1370. The molecule has 36 heavy (non-hydrogen) atoms. The van der Waals surface area contributed by atoms with Gasteiger partial charge in [0.05, 0.1) is 37.0 Å². The van der Waals surface area contributed by atoms with Gasteiger partial charge < -0.3 is 14.6 Å². The highest BCUT2D eigenvalue weighted by atomic mass is 19.4. The zero-order valence-corrected chi connectivity index (χ0v) is 19.0. The summed E-state index contributed by atoms with van der Waals surface area (Å²) >= 11 is 0. The zero-order valence-electron chi connectivity index (χ0n) is 19.0. The molecular formula is C26H19F4NO5. The SMILES string of the molecule is COc1ccc(OC)c(/C(O)=C2\C(=O)C(=O)N(c3cccc(C(F)(F)F)c3)C2c2ccc(F)cc2)c1. The van der Waals surface area contributed by atoms with Crippen molar-refractivity contribution >= 4 is 23.1 Å². The number of carbonyl (C=O) groups excluding carboxylic acids is 2. The summed E-state index contributed by atoms with van der Waals surface area (Å²) in [6, 6.07) is 11.7. The molecule has 3 aromatic rings. The van der Waals surface area contributed by atoms with Gasteiger partial charge in [0.2, 0.25) is 0 Å². The van der Waals surface area contributed by atoms with Crippen molar-refractivity contribution in [3.05, 3.63) is 94.8 Å². The lowest BCUT2D eigenvalue weighted by molar-refractivity contribution is -0.137. The molecule has 1 amide bonds. The lowest BCUT2D eigenvalue weighted by Crippen LogP contribution is -2.29. The third-order valence-corrected chi connectivity index (χ3v) is 5.74. The fraction of sp³-hybridized carbons (Fsp3) is 0.154. The number of methoxy groups -OCH3 is 2. The quantitative estimate of drug-likeness (QED) is 0.217. The number of hydrogen-bond donors (Lipinski definition) is 1. The molecule has 10 heteroatoms. The molecular weight excluding hydrogens is 482 g/mol. The minimum absolute atomic E-state index is 0.0194. The summed E-state index contributed by atoms with van der Waals surface area (Å²) in [6.45, 7) is 0. The second-order valence-corrected chi connectivity index (χ2v) is 7.83. The fourth-order valence-electron chi connectivity index (χ4n) is 4.04. The summed E-state index contributed by atoms with van der Waals surface area (Å²) in [4.78, 5) is 27.2. The summed E-state index contributed by atoms with van der Waals surface area (Å²) in [5.41, 5.74) is -1.45. The van der Waals surface area contributed by atoms with E-state index in [0.717, 1.165) is 35.2 Å². The first-order valence-electron chi connectivity index (χ1n) is 10.5. The molecule has 1 saturated heterocycles. The molecule has 0 saturated carbocycles. The van der Waals surface area contributed by atoms with Gasteiger partial charge >= 0.3 is 6.18 Å². The van der Waals surface area contributed by atoms with Crippen LogP contribution in [0.2, 0.25) is 0 Å². The highest BCUT2D eigenvalue weighted by Crippen LogP contribution is 2.44. The van der Waals surface area contributed by atoms with Gasteiger partial charge in [-0.2, -0.15) is 13.2 Å². The summed E-state index contributed by atoms with van der Waals surface area (Å²) in [6.07, 6.45) is -4.71. The van der Waals surface area contributed by atoms with Gasteiger partial charge in [0.1, 0.15) is 23.1 Å². The lowest BCUT2D eigenvalue weighted by atomic mass is 9.94. The number of hydrogen-bond acceptors (Lipinski definition) is 5. The van der Waals surface area contributed by atoms with Crippen LogP contribution in [0, 0.1) is 5.82 Å². The first kappa shape index (κ1) is 24.8. The average molecular weight is 501 g/mol. The minimum Gasteiger partial charge on any atom is -0.507 e. The number of amides is 1. The summed E-state index contributed by atoms with van der Waals surface area (Å²) in [5.74, 6) is -3.08. The number of benzene rings is 3. The van der Waals surface area contributed by atoms with Crippen LogP contribution >= 0.6 is 0 Å². The number of ketones is 1. The Labute approximate surface area is 203 Å². The van der Waals surface area contributed by atoms with Gasteiger partial charge in [0.15, 0.2) is 0 Å². The molecule has 0 radical (unpaired) electrons. The van der Waals surface area contributed by atoms with Crippen LogP contribution in [-0.2, 0) is 15.8 Å². The molecule has 0 bridgehead atoms. The first-order chi connectivity index (χ1) is 17.1. The van der Waals surface area contributed by atoms with E-state index in [2.05, 4.69) is 0 Å². The fourth-order valence-corrected chi connectivity index (χ4v) is 4.04. The van der Waals surface area contributed by atoms with E-state index in [1.165, 1.54) is 44.6 Å². The number of nitrogens with zero attached hydrogens (tertiary/aromatic N) is 1. The minimum atomic E-state index is -4.71. The van der Waals surface area contributed by atoms with E-state index in [0.29, 0.717) is 5.75 Å². The Kier molecular flexibility index (Phi) is 6.45. The third kappa shape index (κ3) is 4.37. The maximum absolute atomic E-state index is 13.7. The maximum atomic E-state index is 13.7. The molecule has 1 fully saturated rings. The summed E-state index contributed by atoms with van der Waals surface area (Å²) in [5, 5.41) is 11.3. The smallest absolute Gasteiger partial charge is 0.416 e. The largest absolute Gasteiger partial charge is 0.507 e. The first-order valence-corrected chi connectivity index (χ1v) is 10.5. The molecule has 0 aromatic heterocycles. The average Bonchev–Trinajstić information content (AvgIpc) is 3.13. The molecule has 1 N–H and O–H groups in total. The molecule has 6 nitrogen and oxygen atoms in total. The van der Waals surface area contributed by atoms with E-state index in [-0.39, 0.29) is 22.6 Å². The van der Waals surface area contributed by atoms with Gasteiger partial charge in [0.25, 0.3) is 11.7 Å². The molecule has 1 aliphatic heterocycles. The molecule has 0 spiro atoms. The molecule has 186 valence electrons. The van der Waals surface area contributed by atoms with Gasteiger partial charge in [-0.25, -0.2) is 4.39 Å². The zero-order chi connectivity index (χ0) is 26.2. The van der Waals surface area contributed by atoms with Gasteiger partial charge in [0, 0.05) is 5.69 Å². The highest BCUT2D eigenvalue weighted by molar-refractivity contribution is 6.51. The number of rotatable bonds is 5. The topological polar surface area (TPSA) is 76.1 Å². The van der Waals surface area contributed by atoms with Crippen LogP contribution in [-0.4, -0.2) is 31.0 Å². The van der Waals surface area contributed by atoms with Crippen LogP contribution in [0.1, 0.15) is 22.7 Å². The number of carbonyl (C=O) groups is 2. The Morgan fingerprint density at radius 2 is 1.64 bits per heavy atom. The van der Waals surface area contributed by atoms with E-state index >= 15 is 0 Å². The Balaban J connectivity index is 1.98. The summed E-state index contributed by atoms with van der Waals surface area (Å²) < 4.78 is 64.3. The Morgan fingerprint density at radius 1 is 0.944 bits per heavy atom. The second kappa shape index (κ2) is 9.37. The van der Waals surface area contributed by atoms with E-state index in [1.807, 2.05) is 0 Å². The number of alkyl halides is 3. The van der Waals surface area contributed by atoms with Gasteiger partial charge in [-0.3, -0.25) is 14.5 Å². The number of Topliss-reactive ketones (excluding diaryl/α,β-unsaturated/α-hetero) is 1. The highest BCUT2D eigenvalue weighted by Gasteiger charge is 2.47. The third-order valence-electron chi connectivity index (χ3n) is 5.74. The number of aliphatic hydroxyl groups excluding tert-OH is 1. The summed E-state index contributed by atoms with van der Waals surface area (Å²) in [7, 11) is 2.72. The van der Waals surface area contributed by atoms with E-state index in [1.54, 1.807) is 6.07 Å². The van der Waals surface area contributed by atoms with Gasteiger partial charge in [-0.1, -0.05) is 18.2 Å². The molecule has 0 aliphatic carbocycles. The Hall–Kier alpha value is -4.34. The molecule has 1 heterocycles. The van der Waals surface area contributed by atoms with Crippen LogP contribution in [0.3, 0.4) is 0 Å².